The minimum Gasteiger partial charge on any atom is -0.481 e. The normalized spacial score (nSPS) is 11.8. The Kier molecular flexibility index (Phi) is 4.63. The topological polar surface area (TPSA) is 133 Å². The second kappa shape index (κ2) is 5.22. The van der Waals surface area contributed by atoms with Gasteiger partial charge in [-0.05, 0) is 0 Å². The Hall–Kier alpha value is -1.47. The molecule has 13 heavy (non-hydrogen) atoms. The molecule has 0 rings (SSSR count). The van der Waals surface area contributed by atoms with Gasteiger partial charge in [0.1, 0.15) is 6.04 Å². The molecule has 0 amide bonds. The van der Waals surface area contributed by atoms with E-state index in [1.54, 1.807) is 0 Å². The van der Waals surface area contributed by atoms with Crippen molar-refractivity contribution in [3.05, 3.63) is 0 Å². The zero-order chi connectivity index (χ0) is 10.4. The summed E-state index contributed by atoms with van der Waals surface area (Å²) in [6, 6.07) is -1.34. The van der Waals surface area contributed by atoms with Crippen molar-refractivity contribution < 1.29 is 24.2 Å². The van der Waals surface area contributed by atoms with E-state index >= 15 is 0 Å². The first-order valence-electron chi connectivity index (χ1n) is 3.39. The minimum absolute atomic E-state index is 0.453. The Morgan fingerprint density at radius 1 is 1.38 bits per heavy atom. The highest BCUT2D eigenvalue weighted by Gasteiger charge is 2.20. The molecule has 1 unspecified atom stereocenters. The van der Waals surface area contributed by atoms with Crippen LogP contribution >= 0.6 is 0 Å². The summed E-state index contributed by atoms with van der Waals surface area (Å²) in [4.78, 5) is 31.3. The van der Waals surface area contributed by atoms with Crippen LogP contribution < -0.4 is 11.5 Å². The summed E-state index contributed by atoms with van der Waals surface area (Å²) >= 11 is 0. The van der Waals surface area contributed by atoms with Crippen LogP contribution in [-0.2, 0) is 19.1 Å². The number of carbonyl (C=O) groups is 3. The van der Waals surface area contributed by atoms with Crippen LogP contribution in [0.2, 0.25) is 0 Å². The van der Waals surface area contributed by atoms with Crippen LogP contribution in [0.5, 0.6) is 0 Å². The summed E-state index contributed by atoms with van der Waals surface area (Å²) in [6.45, 7) is -0.453. The smallest absolute Gasteiger partial charge is 0.331 e. The molecule has 0 heterocycles. The van der Waals surface area contributed by atoms with E-state index in [4.69, 9.17) is 16.6 Å². The second-order valence-corrected chi connectivity index (χ2v) is 2.20. The molecule has 0 aliphatic carbocycles. The van der Waals surface area contributed by atoms with Gasteiger partial charge in [0.25, 0.3) is 0 Å². The molecule has 5 N–H and O–H groups in total. The number of carboxylic acids is 1. The van der Waals surface area contributed by atoms with E-state index in [9.17, 15) is 14.4 Å². The monoisotopic (exact) mass is 190 g/mol. The van der Waals surface area contributed by atoms with Crippen molar-refractivity contribution in [3.8, 4) is 0 Å². The number of hydrogen-bond acceptors (Lipinski definition) is 6. The molecule has 0 fully saturated rings. The highest BCUT2D eigenvalue weighted by Crippen LogP contribution is 1.92. The van der Waals surface area contributed by atoms with Gasteiger partial charge < -0.3 is 21.3 Å². The van der Waals surface area contributed by atoms with Gasteiger partial charge in [0.2, 0.25) is 0 Å². The molecule has 0 saturated carbocycles. The maximum Gasteiger partial charge on any atom is 0.331 e. The van der Waals surface area contributed by atoms with E-state index in [1.165, 1.54) is 0 Å². The van der Waals surface area contributed by atoms with Crippen LogP contribution in [-0.4, -0.2) is 35.6 Å². The summed E-state index contributed by atoms with van der Waals surface area (Å²) in [5.41, 5.74) is 9.91. The van der Waals surface area contributed by atoms with E-state index in [2.05, 4.69) is 4.74 Å². The Morgan fingerprint density at radius 2 is 1.92 bits per heavy atom. The quantitative estimate of drug-likeness (QED) is 0.339. The van der Waals surface area contributed by atoms with Gasteiger partial charge in [0.15, 0.2) is 0 Å². The largest absolute Gasteiger partial charge is 0.481 e. The lowest BCUT2D eigenvalue weighted by atomic mass is 10.2. The number of rotatable bonds is 4. The van der Waals surface area contributed by atoms with E-state index in [0.717, 1.165) is 0 Å². The molecule has 0 aromatic rings. The number of esters is 2. The van der Waals surface area contributed by atoms with Crippen LogP contribution in [0.25, 0.3) is 0 Å². The number of hydrogen-bond donors (Lipinski definition) is 3. The predicted octanol–water partition coefficient (Wildman–Crippen LogP) is -2.18. The fourth-order valence-electron chi connectivity index (χ4n) is 0.501. The lowest BCUT2D eigenvalue weighted by Gasteiger charge is -2.06. The zero-order valence-electron chi connectivity index (χ0n) is 6.73. The van der Waals surface area contributed by atoms with Gasteiger partial charge >= 0.3 is 17.9 Å². The van der Waals surface area contributed by atoms with Crippen molar-refractivity contribution in [2.75, 3.05) is 6.54 Å². The van der Waals surface area contributed by atoms with E-state index in [-0.39, 0.29) is 0 Å². The van der Waals surface area contributed by atoms with Crippen LogP contribution in [0.1, 0.15) is 6.42 Å². The summed E-state index contributed by atoms with van der Waals surface area (Å²) < 4.78 is 4.07. The molecule has 7 nitrogen and oxygen atoms in total. The van der Waals surface area contributed by atoms with Crippen LogP contribution in [0.3, 0.4) is 0 Å². The van der Waals surface area contributed by atoms with Crippen molar-refractivity contribution in [1.29, 1.82) is 0 Å². The highest BCUT2D eigenvalue weighted by atomic mass is 16.6. The van der Waals surface area contributed by atoms with Crippen molar-refractivity contribution in [2.45, 2.75) is 12.5 Å². The van der Waals surface area contributed by atoms with Gasteiger partial charge in [-0.15, -0.1) is 0 Å². The molecule has 0 radical (unpaired) electrons. The third-order valence-corrected chi connectivity index (χ3v) is 1.08. The molecular formula is C6H10N2O5. The van der Waals surface area contributed by atoms with Crippen molar-refractivity contribution in [1.82, 2.24) is 0 Å². The first-order chi connectivity index (χ1) is 5.97. The number of aliphatic carboxylic acids is 1. The molecule has 0 aliphatic rings. The number of nitrogens with two attached hydrogens (primary N) is 2. The van der Waals surface area contributed by atoms with Gasteiger partial charge in [0, 0.05) is 0 Å². The van der Waals surface area contributed by atoms with Gasteiger partial charge in [0.05, 0.1) is 13.0 Å². The molecule has 0 spiro atoms. The summed E-state index contributed by atoms with van der Waals surface area (Å²) in [6.07, 6.45) is -0.587. The fourth-order valence-corrected chi connectivity index (χ4v) is 0.501. The Bertz CT molecular complexity index is 227. The van der Waals surface area contributed by atoms with Crippen molar-refractivity contribution in [2.24, 2.45) is 11.5 Å². The van der Waals surface area contributed by atoms with Gasteiger partial charge in [-0.25, -0.2) is 4.79 Å². The molecule has 7 heteroatoms. The SMILES string of the molecule is NCC(=O)OC(=O)C(N)CC(=O)O. The number of carbonyl (C=O) groups excluding carboxylic acids is 2. The molecule has 0 aliphatic heterocycles. The summed E-state index contributed by atoms with van der Waals surface area (Å²) in [7, 11) is 0. The second-order valence-electron chi connectivity index (χ2n) is 2.20. The summed E-state index contributed by atoms with van der Waals surface area (Å²) in [5.74, 6) is -3.27. The molecule has 0 aromatic carbocycles. The molecule has 0 saturated heterocycles. The molecule has 0 bridgehead atoms. The van der Waals surface area contributed by atoms with E-state index in [1.807, 2.05) is 0 Å². The van der Waals surface area contributed by atoms with Crippen molar-refractivity contribution >= 4 is 17.9 Å². The average molecular weight is 190 g/mol. The van der Waals surface area contributed by atoms with E-state index < -0.39 is 36.9 Å². The first-order valence-corrected chi connectivity index (χ1v) is 3.39. The third-order valence-electron chi connectivity index (χ3n) is 1.08. The average Bonchev–Trinajstić information content (AvgIpc) is 2.02. The first kappa shape index (κ1) is 11.5. The van der Waals surface area contributed by atoms with Crippen LogP contribution in [0, 0.1) is 0 Å². The maximum atomic E-state index is 10.8. The molecule has 1 atom stereocenters. The van der Waals surface area contributed by atoms with Crippen LogP contribution in [0.4, 0.5) is 0 Å². The van der Waals surface area contributed by atoms with Gasteiger partial charge in [-0.3, -0.25) is 9.59 Å². The zero-order valence-corrected chi connectivity index (χ0v) is 6.73. The Balaban J connectivity index is 3.96. The standard InChI is InChI=1S/C6H10N2O5/c7-2-5(11)13-6(12)3(8)1-4(9)10/h3H,1-2,7-8H2,(H,9,10). The number of ether oxygens (including phenoxy) is 1. The summed E-state index contributed by atoms with van der Waals surface area (Å²) in [5, 5.41) is 8.23. The fraction of sp³-hybridized carbons (Fsp3) is 0.500. The Morgan fingerprint density at radius 3 is 2.31 bits per heavy atom. The molecule has 0 aromatic heterocycles. The lowest BCUT2D eigenvalue weighted by molar-refractivity contribution is -0.161. The van der Waals surface area contributed by atoms with Crippen molar-refractivity contribution in [3.63, 3.8) is 0 Å². The highest BCUT2D eigenvalue weighted by molar-refractivity contribution is 5.90. The number of carboxylic acid groups (broad SMARTS) is 1. The minimum atomic E-state index is -1.34. The molecular weight excluding hydrogens is 180 g/mol. The third kappa shape index (κ3) is 4.88. The molecule has 74 valence electrons. The van der Waals surface area contributed by atoms with Crippen LogP contribution in [0.15, 0.2) is 0 Å². The van der Waals surface area contributed by atoms with E-state index in [0.29, 0.717) is 0 Å². The predicted molar refractivity (Wildman–Crippen MR) is 40.4 cm³/mol. The lowest BCUT2D eigenvalue weighted by Crippen LogP contribution is -2.36. The van der Waals surface area contributed by atoms with Gasteiger partial charge in [-0.1, -0.05) is 0 Å². The maximum absolute atomic E-state index is 10.8. The van der Waals surface area contributed by atoms with Gasteiger partial charge in [-0.2, -0.15) is 0 Å². The Labute approximate surface area is 73.6 Å².